The Hall–Kier alpha value is 0.264. The summed E-state index contributed by atoms with van der Waals surface area (Å²) in [5.41, 5.74) is 0. The van der Waals surface area contributed by atoms with Gasteiger partial charge < -0.3 is 19.2 Å². The predicted octanol–water partition coefficient (Wildman–Crippen LogP) is -4.60. The third-order valence-corrected chi connectivity index (χ3v) is 0. The minimum atomic E-state index is -4.61. The first-order valence-corrected chi connectivity index (χ1v) is 3.50. The molecule has 0 unspecified atom stereocenters. The normalized spacial score (nSPS) is 8.00. The van der Waals surface area contributed by atoms with Crippen LogP contribution in [0, 0.1) is 6.92 Å². The van der Waals surface area contributed by atoms with Crippen molar-refractivity contribution in [2.75, 3.05) is 0 Å². The van der Waals surface area contributed by atoms with Gasteiger partial charge in [-0.05, 0) is 0 Å². The molecule has 4 N–H and O–H groups in total. The standard InChI is InChI=1S/C3H5.Li.H4O4Si/c1-3-2;;1-5(2,3)4/h3H,1-2H2;;1-4H/q-1;+1;. The Kier molecular flexibility index (Phi) is 14.8. The van der Waals surface area contributed by atoms with Crippen LogP contribution in [-0.4, -0.2) is 28.2 Å². The third kappa shape index (κ3) is 4640. The summed E-state index contributed by atoms with van der Waals surface area (Å²) in [6, 6.07) is 0. The first-order valence-electron chi connectivity index (χ1n) is 1.71. The van der Waals surface area contributed by atoms with Gasteiger partial charge in [0.2, 0.25) is 0 Å². The summed E-state index contributed by atoms with van der Waals surface area (Å²) >= 11 is 0. The van der Waals surface area contributed by atoms with E-state index in [1.807, 2.05) is 0 Å². The second-order valence-corrected chi connectivity index (χ2v) is 2.09. The summed E-state index contributed by atoms with van der Waals surface area (Å²) in [6.07, 6.45) is 1.50. The van der Waals surface area contributed by atoms with Gasteiger partial charge in [-0.2, -0.15) is 0 Å². The van der Waals surface area contributed by atoms with Gasteiger partial charge in [0.25, 0.3) is 0 Å². The largest absolute Gasteiger partial charge is 1.00 e. The molecule has 0 aliphatic carbocycles. The fraction of sp³-hybridized carbons (Fsp3) is 0. The van der Waals surface area contributed by atoms with Gasteiger partial charge in [0.15, 0.2) is 0 Å². The van der Waals surface area contributed by atoms with Crippen LogP contribution in [-0.2, 0) is 0 Å². The van der Waals surface area contributed by atoms with Crippen molar-refractivity contribution in [3.8, 4) is 0 Å². The second kappa shape index (κ2) is 8.26. The Morgan fingerprint density at radius 1 is 1.22 bits per heavy atom. The maximum absolute atomic E-state index is 7.33. The van der Waals surface area contributed by atoms with Crippen molar-refractivity contribution in [3.63, 3.8) is 0 Å². The van der Waals surface area contributed by atoms with Gasteiger partial charge in [-0.3, -0.25) is 0 Å². The third-order valence-electron chi connectivity index (χ3n) is 0. The van der Waals surface area contributed by atoms with Gasteiger partial charge >= 0.3 is 27.9 Å². The summed E-state index contributed by atoms with van der Waals surface area (Å²) < 4.78 is 0. The van der Waals surface area contributed by atoms with E-state index in [2.05, 4.69) is 13.5 Å². The molecule has 0 amide bonds. The van der Waals surface area contributed by atoms with Crippen LogP contribution in [0.2, 0.25) is 0 Å². The first-order chi connectivity index (χ1) is 3.41. The quantitative estimate of drug-likeness (QED) is 0.204. The van der Waals surface area contributed by atoms with Crippen molar-refractivity contribution < 1.29 is 38.0 Å². The van der Waals surface area contributed by atoms with Crippen molar-refractivity contribution in [1.29, 1.82) is 0 Å². The van der Waals surface area contributed by atoms with Gasteiger partial charge in [0.05, 0.1) is 0 Å². The molecule has 0 aromatic carbocycles. The van der Waals surface area contributed by atoms with Crippen molar-refractivity contribution in [2.45, 2.75) is 0 Å². The van der Waals surface area contributed by atoms with Crippen LogP contribution in [0.3, 0.4) is 0 Å². The second-order valence-electron chi connectivity index (χ2n) is 0.889. The molecule has 0 aromatic rings. The first kappa shape index (κ1) is 16.1. The molecule has 0 spiro atoms. The molecule has 0 heterocycles. The Balaban J connectivity index is -0.0000000800. The zero-order valence-corrected chi connectivity index (χ0v) is 6.28. The van der Waals surface area contributed by atoms with Crippen molar-refractivity contribution >= 4 is 9.05 Å². The number of hydrogen-bond acceptors (Lipinski definition) is 4. The summed E-state index contributed by atoms with van der Waals surface area (Å²) in [4.78, 5) is 29.3. The minimum Gasteiger partial charge on any atom is -0.368 e. The minimum absolute atomic E-state index is 0. The number of rotatable bonds is 0. The maximum Gasteiger partial charge on any atom is 1.00 e. The molecule has 0 rings (SSSR count). The van der Waals surface area contributed by atoms with Gasteiger partial charge in [-0.1, -0.05) is 0 Å². The van der Waals surface area contributed by atoms with E-state index in [0.29, 0.717) is 0 Å². The Morgan fingerprint density at radius 2 is 1.22 bits per heavy atom. The molecule has 50 valence electrons. The van der Waals surface area contributed by atoms with Crippen molar-refractivity contribution in [3.05, 3.63) is 19.6 Å². The zero-order chi connectivity index (χ0) is 7.21. The van der Waals surface area contributed by atoms with Crippen LogP contribution in [0.5, 0.6) is 0 Å². The fourth-order valence-electron chi connectivity index (χ4n) is 0. The topological polar surface area (TPSA) is 80.9 Å². The summed E-state index contributed by atoms with van der Waals surface area (Å²) in [7, 11) is -4.61. The maximum atomic E-state index is 7.33. The Bertz CT molecular complexity index is 55.3. The summed E-state index contributed by atoms with van der Waals surface area (Å²) in [5.74, 6) is 0. The number of allylic oxidation sites excluding steroid dienone is 1. The Morgan fingerprint density at radius 3 is 1.22 bits per heavy atom. The van der Waals surface area contributed by atoms with Crippen molar-refractivity contribution in [2.24, 2.45) is 0 Å². The van der Waals surface area contributed by atoms with E-state index in [4.69, 9.17) is 19.2 Å². The molecule has 0 bridgehead atoms. The van der Waals surface area contributed by atoms with E-state index in [-0.39, 0.29) is 18.9 Å². The van der Waals surface area contributed by atoms with Gasteiger partial charge in [-0.25, -0.2) is 19.6 Å². The van der Waals surface area contributed by atoms with E-state index in [0.717, 1.165) is 0 Å². The van der Waals surface area contributed by atoms with E-state index in [1.165, 1.54) is 6.08 Å². The van der Waals surface area contributed by atoms with Crippen LogP contribution in [0.4, 0.5) is 0 Å². The molecule has 0 aliphatic heterocycles. The molecule has 0 fully saturated rings. The average molecular weight is 144 g/mol. The fourth-order valence-corrected chi connectivity index (χ4v) is 0. The molecule has 0 saturated carbocycles. The van der Waals surface area contributed by atoms with Crippen LogP contribution in [0.15, 0.2) is 12.7 Å². The van der Waals surface area contributed by atoms with Gasteiger partial charge in [0, 0.05) is 0 Å². The smallest absolute Gasteiger partial charge is 0.368 e. The molecule has 0 atom stereocenters. The zero-order valence-electron chi connectivity index (χ0n) is 5.28. The summed E-state index contributed by atoms with van der Waals surface area (Å²) in [5, 5.41) is 0. The van der Waals surface area contributed by atoms with Crippen molar-refractivity contribution in [1.82, 2.24) is 0 Å². The van der Waals surface area contributed by atoms with Crippen LogP contribution >= 0.6 is 0 Å². The molecular weight excluding hydrogens is 135 g/mol. The number of hydrogen-bond donors (Lipinski definition) is 4. The molecule has 4 nitrogen and oxygen atoms in total. The molecule has 9 heavy (non-hydrogen) atoms. The van der Waals surface area contributed by atoms with E-state index >= 15 is 0 Å². The average Bonchev–Trinajstić information content (AvgIpc) is 1.27. The van der Waals surface area contributed by atoms with Gasteiger partial charge in [0.1, 0.15) is 0 Å². The predicted molar refractivity (Wildman–Crippen MR) is 30.2 cm³/mol. The molecule has 0 saturated heterocycles. The van der Waals surface area contributed by atoms with E-state index < -0.39 is 9.05 Å². The molecular formula is C3H9LiO4Si. The molecule has 0 aliphatic rings. The SMILES string of the molecule is C=C[CH2-].O[Si](O)(O)O.[Li+]. The molecule has 6 heteroatoms. The molecule has 0 radical (unpaired) electrons. The van der Waals surface area contributed by atoms with E-state index in [1.54, 1.807) is 0 Å². The Labute approximate surface area is 67.1 Å². The monoisotopic (exact) mass is 144 g/mol. The van der Waals surface area contributed by atoms with Crippen LogP contribution in [0.25, 0.3) is 0 Å². The summed E-state index contributed by atoms with van der Waals surface area (Å²) in [6.45, 7) is 6.50. The van der Waals surface area contributed by atoms with Crippen LogP contribution < -0.4 is 18.9 Å². The van der Waals surface area contributed by atoms with E-state index in [9.17, 15) is 0 Å². The molecule has 0 aromatic heterocycles. The van der Waals surface area contributed by atoms with Gasteiger partial charge in [-0.15, -0.1) is 0 Å². The van der Waals surface area contributed by atoms with Crippen LogP contribution in [0.1, 0.15) is 0 Å².